The van der Waals surface area contributed by atoms with Crippen molar-refractivity contribution in [2.24, 2.45) is 0 Å². The summed E-state index contributed by atoms with van der Waals surface area (Å²) in [5.74, 6) is 0.182. The minimum atomic E-state index is -0.661. The molecule has 0 atom stereocenters. The maximum absolute atomic E-state index is 12.3. The van der Waals surface area contributed by atoms with Crippen molar-refractivity contribution in [3.8, 4) is 5.75 Å². The Labute approximate surface area is 157 Å². The van der Waals surface area contributed by atoms with Gasteiger partial charge in [0.1, 0.15) is 16.9 Å². The Morgan fingerprint density at radius 1 is 1.22 bits per heavy atom. The number of fused-ring (bicyclic) bond motifs is 1. The largest absolute Gasteiger partial charge is 0.491 e. The first-order chi connectivity index (χ1) is 13.0. The molecule has 0 radical (unpaired) electrons. The molecular formula is C21H22N2O4. The lowest BCUT2D eigenvalue weighted by Crippen LogP contribution is -2.29. The summed E-state index contributed by atoms with van der Waals surface area (Å²) in [4.78, 5) is 28.7. The Morgan fingerprint density at radius 2 is 2.07 bits per heavy atom. The van der Waals surface area contributed by atoms with E-state index in [4.69, 9.17) is 9.15 Å². The summed E-state index contributed by atoms with van der Waals surface area (Å²) in [6, 6.07) is 12.5. The molecule has 27 heavy (non-hydrogen) atoms. The summed E-state index contributed by atoms with van der Waals surface area (Å²) in [5, 5.41) is 3.43. The fourth-order valence-corrected chi connectivity index (χ4v) is 2.71. The van der Waals surface area contributed by atoms with Gasteiger partial charge in [0.15, 0.2) is 0 Å². The summed E-state index contributed by atoms with van der Waals surface area (Å²) >= 11 is 0. The number of aromatic nitrogens is 1. The third kappa shape index (κ3) is 4.94. The molecule has 3 rings (SSSR count). The van der Waals surface area contributed by atoms with Crippen LogP contribution in [-0.4, -0.2) is 23.5 Å². The highest BCUT2D eigenvalue weighted by Crippen LogP contribution is 2.21. The lowest BCUT2D eigenvalue weighted by atomic mass is 10.1. The zero-order valence-electron chi connectivity index (χ0n) is 15.4. The van der Waals surface area contributed by atoms with Crippen LogP contribution in [0.25, 0.3) is 11.0 Å². The quantitative estimate of drug-likeness (QED) is 0.512. The topological polar surface area (TPSA) is 81.4 Å². The van der Waals surface area contributed by atoms with Crippen LogP contribution in [-0.2, 0) is 6.42 Å². The van der Waals surface area contributed by atoms with Gasteiger partial charge >= 0.3 is 5.63 Å². The minimum absolute atomic E-state index is 0.00198. The number of hydrogen-bond donors (Lipinski definition) is 1. The highest BCUT2D eigenvalue weighted by molar-refractivity contribution is 5.96. The fraction of sp³-hybridized carbons (Fsp3) is 0.286. The van der Waals surface area contributed by atoms with Gasteiger partial charge in [-0.25, -0.2) is 4.79 Å². The number of amides is 1. The molecule has 0 unspecified atom stereocenters. The first kappa shape index (κ1) is 18.6. The molecule has 0 bridgehead atoms. The van der Waals surface area contributed by atoms with E-state index < -0.39 is 11.5 Å². The lowest BCUT2D eigenvalue weighted by molar-refractivity contribution is 0.0949. The number of hydrogen-bond acceptors (Lipinski definition) is 5. The SMILES string of the molecule is CC(C)Oc1ccc2cc(C(=O)NCCCc3ccccn3)c(=O)oc2c1. The molecule has 3 aromatic rings. The van der Waals surface area contributed by atoms with Gasteiger partial charge in [-0.2, -0.15) is 0 Å². The van der Waals surface area contributed by atoms with Crippen LogP contribution >= 0.6 is 0 Å². The van der Waals surface area contributed by atoms with Gasteiger partial charge < -0.3 is 14.5 Å². The van der Waals surface area contributed by atoms with E-state index in [2.05, 4.69) is 10.3 Å². The van der Waals surface area contributed by atoms with Crippen molar-refractivity contribution in [1.29, 1.82) is 0 Å². The van der Waals surface area contributed by atoms with Gasteiger partial charge in [0, 0.05) is 29.9 Å². The van der Waals surface area contributed by atoms with Crippen LogP contribution in [0.1, 0.15) is 36.3 Å². The predicted molar refractivity (Wildman–Crippen MR) is 103 cm³/mol. The fourth-order valence-electron chi connectivity index (χ4n) is 2.71. The number of ether oxygens (including phenoxy) is 1. The third-order valence-corrected chi connectivity index (χ3v) is 3.95. The standard InChI is InChI=1S/C21H22N2O4/c1-14(2)26-17-9-8-15-12-18(21(25)27-19(15)13-17)20(24)23-11-5-7-16-6-3-4-10-22-16/h3-4,6,8-10,12-14H,5,7,11H2,1-2H3,(H,23,24). The lowest BCUT2D eigenvalue weighted by Gasteiger charge is -2.10. The highest BCUT2D eigenvalue weighted by Gasteiger charge is 2.14. The third-order valence-electron chi connectivity index (χ3n) is 3.95. The average Bonchev–Trinajstić information content (AvgIpc) is 2.65. The van der Waals surface area contributed by atoms with Gasteiger partial charge in [0.2, 0.25) is 0 Å². The molecule has 1 aromatic carbocycles. The first-order valence-electron chi connectivity index (χ1n) is 8.95. The van der Waals surface area contributed by atoms with Crippen LogP contribution < -0.4 is 15.7 Å². The second kappa shape index (κ2) is 8.49. The molecule has 0 spiro atoms. The summed E-state index contributed by atoms with van der Waals surface area (Å²) in [6.07, 6.45) is 3.25. The molecule has 140 valence electrons. The monoisotopic (exact) mass is 366 g/mol. The molecule has 1 N–H and O–H groups in total. The second-order valence-electron chi connectivity index (χ2n) is 6.49. The van der Waals surface area contributed by atoms with E-state index in [0.717, 1.165) is 18.5 Å². The van der Waals surface area contributed by atoms with Crippen LogP contribution in [0.3, 0.4) is 0 Å². The Bertz CT molecular complexity index is 980. The smallest absolute Gasteiger partial charge is 0.349 e. The van der Waals surface area contributed by atoms with Crippen LogP contribution in [0, 0.1) is 0 Å². The summed E-state index contributed by atoms with van der Waals surface area (Å²) in [6.45, 7) is 4.29. The van der Waals surface area contributed by atoms with E-state index in [1.54, 1.807) is 30.5 Å². The van der Waals surface area contributed by atoms with E-state index in [0.29, 0.717) is 23.3 Å². The molecule has 0 saturated heterocycles. The van der Waals surface area contributed by atoms with Gasteiger partial charge in [-0.15, -0.1) is 0 Å². The number of nitrogens with one attached hydrogen (secondary N) is 1. The minimum Gasteiger partial charge on any atom is -0.491 e. The molecule has 0 aliphatic carbocycles. The van der Waals surface area contributed by atoms with Crippen LogP contribution in [0.2, 0.25) is 0 Å². The maximum atomic E-state index is 12.3. The van der Waals surface area contributed by atoms with E-state index in [9.17, 15) is 9.59 Å². The van der Waals surface area contributed by atoms with Crippen molar-refractivity contribution in [3.63, 3.8) is 0 Å². The summed E-state index contributed by atoms with van der Waals surface area (Å²) in [5.41, 5.74) is 0.700. The summed E-state index contributed by atoms with van der Waals surface area (Å²) in [7, 11) is 0. The van der Waals surface area contributed by atoms with Crippen molar-refractivity contribution in [2.75, 3.05) is 6.54 Å². The average molecular weight is 366 g/mol. The zero-order chi connectivity index (χ0) is 19.2. The van der Waals surface area contributed by atoms with Crippen molar-refractivity contribution in [1.82, 2.24) is 10.3 Å². The van der Waals surface area contributed by atoms with Crippen molar-refractivity contribution in [2.45, 2.75) is 32.8 Å². The molecule has 0 fully saturated rings. The van der Waals surface area contributed by atoms with Crippen LogP contribution in [0.4, 0.5) is 0 Å². The van der Waals surface area contributed by atoms with E-state index in [1.807, 2.05) is 32.0 Å². The molecule has 0 aliphatic heterocycles. The van der Waals surface area contributed by atoms with Crippen molar-refractivity contribution < 1.29 is 13.9 Å². The van der Waals surface area contributed by atoms with Crippen LogP contribution in [0.15, 0.2) is 57.9 Å². The zero-order valence-corrected chi connectivity index (χ0v) is 15.4. The first-order valence-corrected chi connectivity index (χ1v) is 8.95. The van der Waals surface area contributed by atoms with Gasteiger partial charge in [-0.05, 0) is 57.0 Å². The normalized spacial score (nSPS) is 10.9. The number of aryl methyl sites for hydroxylation is 1. The highest BCUT2D eigenvalue weighted by atomic mass is 16.5. The molecule has 0 aliphatic rings. The summed E-state index contributed by atoms with van der Waals surface area (Å²) < 4.78 is 10.9. The van der Waals surface area contributed by atoms with Crippen molar-refractivity contribution in [3.05, 3.63) is 70.3 Å². The molecule has 1 amide bonds. The number of carbonyl (C=O) groups is 1. The number of benzene rings is 1. The number of pyridine rings is 1. The molecule has 6 nitrogen and oxygen atoms in total. The number of carbonyl (C=O) groups excluding carboxylic acids is 1. The Balaban J connectivity index is 1.65. The molecular weight excluding hydrogens is 344 g/mol. The van der Waals surface area contributed by atoms with E-state index >= 15 is 0 Å². The predicted octanol–water partition coefficient (Wildman–Crippen LogP) is 3.34. The Kier molecular flexibility index (Phi) is 5.86. The Hall–Kier alpha value is -3.15. The molecule has 0 saturated carbocycles. The number of rotatable bonds is 7. The molecule has 2 aromatic heterocycles. The van der Waals surface area contributed by atoms with Gasteiger partial charge in [0.05, 0.1) is 6.10 Å². The van der Waals surface area contributed by atoms with Gasteiger partial charge in [-0.1, -0.05) is 6.07 Å². The Morgan fingerprint density at radius 3 is 2.81 bits per heavy atom. The van der Waals surface area contributed by atoms with Crippen LogP contribution in [0.5, 0.6) is 5.75 Å². The van der Waals surface area contributed by atoms with E-state index in [1.165, 1.54) is 0 Å². The molecule has 2 heterocycles. The van der Waals surface area contributed by atoms with Crippen molar-refractivity contribution >= 4 is 16.9 Å². The number of nitrogens with zero attached hydrogens (tertiary/aromatic N) is 1. The second-order valence-corrected chi connectivity index (χ2v) is 6.49. The maximum Gasteiger partial charge on any atom is 0.349 e. The van der Waals surface area contributed by atoms with E-state index in [-0.39, 0.29) is 11.7 Å². The molecule has 6 heteroatoms. The van der Waals surface area contributed by atoms with Gasteiger partial charge in [0.25, 0.3) is 5.91 Å². The van der Waals surface area contributed by atoms with Gasteiger partial charge in [-0.3, -0.25) is 9.78 Å².